The third-order valence-electron chi connectivity index (χ3n) is 2.17. The number of hydrogen-bond acceptors (Lipinski definition) is 5. The quantitative estimate of drug-likeness (QED) is 0.709. The molecule has 2 rings (SSSR count). The van der Waals surface area contributed by atoms with Crippen LogP contribution in [0, 0.1) is 6.92 Å². The predicted molar refractivity (Wildman–Crippen MR) is 65.3 cm³/mol. The Labute approximate surface area is 93.5 Å². The molecule has 5 heteroatoms. The molecule has 1 aromatic heterocycles. The van der Waals surface area contributed by atoms with E-state index in [4.69, 9.17) is 11.5 Å². The summed E-state index contributed by atoms with van der Waals surface area (Å²) in [6.45, 7) is 2.03. The van der Waals surface area contributed by atoms with Crippen LogP contribution in [0.15, 0.2) is 30.5 Å². The highest BCUT2D eigenvalue weighted by Crippen LogP contribution is 2.20. The SMILES string of the molecule is Cc1ccc(Nc2cnc(N)nc2N)cc1. The van der Waals surface area contributed by atoms with Gasteiger partial charge in [-0.2, -0.15) is 4.98 Å². The van der Waals surface area contributed by atoms with Crippen LogP contribution in [0.4, 0.5) is 23.1 Å². The van der Waals surface area contributed by atoms with Crippen molar-refractivity contribution in [3.8, 4) is 0 Å². The normalized spacial score (nSPS) is 10.1. The maximum atomic E-state index is 5.71. The van der Waals surface area contributed by atoms with Crippen LogP contribution in [-0.4, -0.2) is 9.97 Å². The standard InChI is InChI=1S/C11H13N5/c1-7-2-4-8(5-3-7)15-9-6-14-11(13)16-10(9)12/h2-6,15H,1H3,(H4,12,13,14,16). The summed E-state index contributed by atoms with van der Waals surface area (Å²) < 4.78 is 0. The van der Waals surface area contributed by atoms with Crippen molar-refractivity contribution in [3.05, 3.63) is 36.0 Å². The average Bonchev–Trinajstić information content (AvgIpc) is 2.25. The fraction of sp³-hybridized carbons (Fsp3) is 0.0909. The molecule has 0 aliphatic carbocycles. The third kappa shape index (κ3) is 2.20. The molecule has 0 aliphatic heterocycles. The van der Waals surface area contributed by atoms with Crippen molar-refractivity contribution in [2.45, 2.75) is 6.92 Å². The topological polar surface area (TPSA) is 89.8 Å². The van der Waals surface area contributed by atoms with Crippen LogP contribution in [-0.2, 0) is 0 Å². The predicted octanol–water partition coefficient (Wildman–Crippen LogP) is 1.69. The van der Waals surface area contributed by atoms with Gasteiger partial charge in [0.15, 0.2) is 5.82 Å². The summed E-state index contributed by atoms with van der Waals surface area (Å²) in [6, 6.07) is 7.95. The summed E-state index contributed by atoms with van der Waals surface area (Å²) >= 11 is 0. The van der Waals surface area contributed by atoms with Gasteiger partial charge >= 0.3 is 0 Å². The molecule has 0 aliphatic rings. The molecule has 2 aromatic rings. The molecule has 0 saturated carbocycles. The molecule has 0 bridgehead atoms. The summed E-state index contributed by atoms with van der Waals surface area (Å²) in [4.78, 5) is 7.75. The van der Waals surface area contributed by atoms with Gasteiger partial charge in [-0.05, 0) is 19.1 Å². The van der Waals surface area contributed by atoms with Gasteiger partial charge in [0.05, 0.1) is 6.20 Å². The molecule has 5 nitrogen and oxygen atoms in total. The van der Waals surface area contributed by atoms with E-state index in [9.17, 15) is 0 Å². The number of nitrogens with two attached hydrogens (primary N) is 2. The Balaban J connectivity index is 2.23. The van der Waals surface area contributed by atoms with Crippen molar-refractivity contribution in [2.75, 3.05) is 16.8 Å². The van der Waals surface area contributed by atoms with Crippen LogP contribution in [0.3, 0.4) is 0 Å². The molecule has 0 radical (unpaired) electrons. The lowest BCUT2D eigenvalue weighted by molar-refractivity contribution is 1.19. The largest absolute Gasteiger partial charge is 0.382 e. The minimum absolute atomic E-state index is 0.173. The molecule has 0 unspecified atom stereocenters. The van der Waals surface area contributed by atoms with Crippen LogP contribution in [0.1, 0.15) is 5.56 Å². The molecule has 5 N–H and O–H groups in total. The lowest BCUT2D eigenvalue weighted by atomic mass is 10.2. The number of nitrogen functional groups attached to an aromatic ring is 2. The number of benzene rings is 1. The average molecular weight is 215 g/mol. The van der Waals surface area contributed by atoms with Gasteiger partial charge in [-0.1, -0.05) is 17.7 Å². The highest BCUT2D eigenvalue weighted by atomic mass is 15.1. The first kappa shape index (κ1) is 10.2. The molecule has 0 fully saturated rings. The number of nitrogens with zero attached hydrogens (tertiary/aromatic N) is 2. The van der Waals surface area contributed by atoms with Gasteiger partial charge in [-0.3, -0.25) is 0 Å². The van der Waals surface area contributed by atoms with Gasteiger partial charge in [0.2, 0.25) is 5.95 Å². The molecule has 1 heterocycles. The van der Waals surface area contributed by atoms with Crippen molar-refractivity contribution >= 4 is 23.1 Å². The van der Waals surface area contributed by atoms with E-state index in [1.807, 2.05) is 31.2 Å². The Kier molecular flexibility index (Phi) is 2.59. The first-order chi connectivity index (χ1) is 7.65. The second-order valence-corrected chi connectivity index (χ2v) is 3.52. The summed E-state index contributed by atoms with van der Waals surface area (Å²) in [7, 11) is 0. The molecule has 16 heavy (non-hydrogen) atoms. The first-order valence-corrected chi connectivity index (χ1v) is 4.87. The molecule has 1 aromatic carbocycles. The van der Waals surface area contributed by atoms with E-state index in [1.54, 1.807) is 6.20 Å². The second-order valence-electron chi connectivity index (χ2n) is 3.52. The van der Waals surface area contributed by atoms with Crippen LogP contribution >= 0.6 is 0 Å². The highest BCUT2D eigenvalue weighted by molar-refractivity contribution is 5.69. The van der Waals surface area contributed by atoms with Gasteiger partial charge in [0.25, 0.3) is 0 Å². The van der Waals surface area contributed by atoms with Crippen molar-refractivity contribution < 1.29 is 0 Å². The summed E-state index contributed by atoms with van der Waals surface area (Å²) in [5.41, 5.74) is 13.9. The minimum atomic E-state index is 0.173. The number of aryl methyl sites for hydroxylation is 1. The number of anilines is 4. The Hall–Kier alpha value is -2.30. The summed E-state index contributed by atoms with van der Waals surface area (Å²) in [6.07, 6.45) is 1.57. The van der Waals surface area contributed by atoms with E-state index in [-0.39, 0.29) is 5.95 Å². The number of aromatic nitrogens is 2. The summed E-state index contributed by atoms with van der Waals surface area (Å²) in [5.74, 6) is 0.514. The lowest BCUT2D eigenvalue weighted by Crippen LogP contribution is -2.03. The summed E-state index contributed by atoms with van der Waals surface area (Å²) in [5, 5.41) is 3.12. The zero-order chi connectivity index (χ0) is 11.5. The Morgan fingerprint density at radius 3 is 2.44 bits per heavy atom. The maximum absolute atomic E-state index is 5.71. The number of rotatable bonds is 2. The van der Waals surface area contributed by atoms with Gasteiger partial charge < -0.3 is 16.8 Å². The molecular weight excluding hydrogens is 202 g/mol. The molecule has 0 spiro atoms. The van der Waals surface area contributed by atoms with E-state index in [0.717, 1.165) is 5.69 Å². The molecule has 82 valence electrons. The van der Waals surface area contributed by atoms with Crippen molar-refractivity contribution in [3.63, 3.8) is 0 Å². The van der Waals surface area contributed by atoms with Gasteiger partial charge in [-0.15, -0.1) is 0 Å². The monoisotopic (exact) mass is 215 g/mol. The second kappa shape index (κ2) is 4.06. The maximum Gasteiger partial charge on any atom is 0.222 e. The van der Waals surface area contributed by atoms with Crippen molar-refractivity contribution in [1.29, 1.82) is 0 Å². The smallest absolute Gasteiger partial charge is 0.222 e. The van der Waals surface area contributed by atoms with Crippen molar-refractivity contribution in [2.24, 2.45) is 0 Å². The van der Waals surface area contributed by atoms with Gasteiger partial charge in [0, 0.05) is 5.69 Å². The minimum Gasteiger partial charge on any atom is -0.382 e. The Bertz CT molecular complexity index is 492. The van der Waals surface area contributed by atoms with Crippen LogP contribution < -0.4 is 16.8 Å². The fourth-order valence-corrected chi connectivity index (χ4v) is 1.30. The highest BCUT2D eigenvalue weighted by Gasteiger charge is 2.02. The van der Waals surface area contributed by atoms with Gasteiger partial charge in [0.1, 0.15) is 5.69 Å². The van der Waals surface area contributed by atoms with E-state index < -0.39 is 0 Å². The van der Waals surface area contributed by atoms with E-state index in [1.165, 1.54) is 5.56 Å². The van der Waals surface area contributed by atoms with Crippen LogP contribution in [0.2, 0.25) is 0 Å². The zero-order valence-corrected chi connectivity index (χ0v) is 8.94. The molecule has 0 amide bonds. The third-order valence-corrected chi connectivity index (χ3v) is 2.17. The van der Waals surface area contributed by atoms with Crippen molar-refractivity contribution in [1.82, 2.24) is 9.97 Å². The number of nitrogens with one attached hydrogen (secondary N) is 1. The zero-order valence-electron chi connectivity index (χ0n) is 8.94. The first-order valence-electron chi connectivity index (χ1n) is 4.87. The van der Waals surface area contributed by atoms with E-state index in [2.05, 4.69) is 15.3 Å². The molecule has 0 saturated heterocycles. The fourth-order valence-electron chi connectivity index (χ4n) is 1.30. The molecular formula is C11H13N5. The Morgan fingerprint density at radius 2 is 1.81 bits per heavy atom. The lowest BCUT2D eigenvalue weighted by Gasteiger charge is -2.08. The van der Waals surface area contributed by atoms with Gasteiger partial charge in [-0.25, -0.2) is 4.98 Å². The molecule has 0 atom stereocenters. The van der Waals surface area contributed by atoms with E-state index in [0.29, 0.717) is 11.5 Å². The Morgan fingerprint density at radius 1 is 1.12 bits per heavy atom. The van der Waals surface area contributed by atoms with Crippen LogP contribution in [0.25, 0.3) is 0 Å². The van der Waals surface area contributed by atoms with E-state index >= 15 is 0 Å². The van der Waals surface area contributed by atoms with Crippen LogP contribution in [0.5, 0.6) is 0 Å². The number of hydrogen-bond donors (Lipinski definition) is 3.